The van der Waals surface area contributed by atoms with E-state index in [4.69, 9.17) is 5.73 Å². The van der Waals surface area contributed by atoms with E-state index in [0.717, 1.165) is 42.6 Å². The monoisotopic (exact) mass is 703 g/mol. The first-order valence-corrected chi connectivity index (χ1v) is 18.7. The molecule has 1 heterocycles. The van der Waals surface area contributed by atoms with Gasteiger partial charge in [-0.3, -0.25) is 10.1 Å². The van der Waals surface area contributed by atoms with E-state index in [-0.39, 0.29) is 22.1 Å². The standard InChI is InChI=1S/C39H37N5O4S2/c40-39(42-50(47,48)35-19-20-37(38(28-35)44(45)46)41-23-26-49-34-12-5-2-6-13-34)31-15-17-33(18-16-31)43-24-21-29(22-25-43)27-32-11-7-8-14-36(32)30-9-3-1-4-10-30/h1-20,27-28,41H,21-26H2,(H2,40,42). The number of rotatable bonds is 12. The average molecular weight is 704 g/mol. The van der Waals surface area contributed by atoms with Gasteiger partial charge in [0.25, 0.3) is 15.7 Å². The molecule has 254 valence electrons. The lowest BCUT2D eigenvalue weighted by atomic mass is 9.95. The predicted octanol–water partition coefficient (Wildman–Crippen LogP) is 8.24. The van der Waals surface area contributed by atoms with Gasteiger partial charge in [0.1, 0.15) is 11.5 Å². The molecule has 0 aromatic heterocycles. The van der Waals surface area contributed by atoms with Crippen molar-refractivity contribution in [3.05, 3.63) is 154 Å². The number of nitrogens with two attached hydrogens (primary N) is 1. The quantitative estimate of drug-likeness (QED) is 0.0332. The number of sulfonamides is 1. The van der Waals surface area contributed by atoms with E-state index in [0.29, 0.717) is 17.9 Å². The van der Waals surface area contributed by atoms with Crippen LogP contribution in [0, 0.1) is 10.1 Å². The third-order valence-corrected chi connectivity index (χ3v) is 10.8. The van der Waals surface area contributed by atoms with Gasteiger partial charge >= 0.3 is 0 Å². The minimum absolute atomic E-state index is 0.194. The first-order valence-electron chi connectivity index (χ1n) is 16.3. The van der Waals surface area contributed by atoms with E-state index in [1.54, 1.807) is 23.9 Å². The first-order chi connectivity index (χ1) is 24.3. The van der Waals surface area contributed by atoms with Gasteiger partial charge in [-0.05, 0) is 78.1 Å². The Kier molecular flexibility index (Phi) is 10.9. The van der Waals surface area contributed by atoms with Gasteiger partial charge in [0.05, 0.1) is 9.82 Å². The van der Waals surface area contributed by atoms with Crippen molar-refractivity contribution in [2.45, 2.75) is 22.6 Å². The van der Waals surface area contributed by atoms with E-state index in [9.17, 15) is 18.5 Å². The molecular formula is C39H37N5O4S2. The molecule has 1 aliphatic rings. The van der Waals surface area contributed by atoms with Crippen LogP contribution in [0.2, 0.25) is 0 Å². The first kappa shape index (κ1) is 34.5. The zero-order valence-electron chi connectivity index (χ0n) is 27.3. The van der Waals surface area contributed by atoms with E-state index < -0.39 is 14.9 Å². The SMILES string of the molecule is NC(=NS(=O)(=O)c1ccc(NCCSc2ccccc2)c([N+](=O)[O-])c1)c1ccc(N2CCC(=Cc3ccccc3-c3ccccc3)CC2)cc1. The summed E-state index contributed by atoms with van der Waals surface area (Å²) in [5.74, 6) is 0.473. The van der Waals surface area contributed by atoms with Crippen LogP contribution < -0.4 is 16.0 Å². The topological polar surface area (TPSA) is 131 Å². The fraction of sp³-hybridized carbons (Fsp3) is 0.154. The molecular weight excluding hydrogens is 667 g/mol. The van der Waals surface area contributed by atoms with Gasteiger partial charge in [0.2, 0.25) is 0 Å². The van der Waals surface area contributed by atoms with Crippen molar-refractivity contribution in [1.82, 2.24) is 0 Å². The normalized spacial score (nSPS) is 13.6. The van der Waals surface area contributed by atoms with Crippen LogP contribution >= 0.6 is 11.8 Å². The Balaban J connectivity index is 1.08. The number of thioether (sulfide) groups is 1. The number of nitrogens with zero attached hydrogens (tertiary/aromatic N) is 3. The zero-order chi connectivity index (χ0) is 34.9. The second kappa shape index (κ2) is 15.9. The van der Waals surface area contributed by atoms with Crippen LogP contribution in [0.25, 0.3) is 17.2 Å². The van der Waals surface area contributed by atoms with Crippen molar-refractivity contribution in [2.75, 3.05) is 35.6 Å². The molecule has 1 aliphatic heterocycles. The number of hydrogen-bond donors (Lipinski definition) is 2. The van der Waals surface area contributed by atoms with E-state index in [1.807, 2.05) is 48.5 Å². The van der Waals surface area contributed by atoms with Crippen LogP contribution in [-0.2, 0) is 10.0 Å². The molecule has 5 aromatic carbocycles. The van der Waals surface area contributed by atoms with Crippen LogP contribution in [0.5, 0.6) is 0 Å². The summed E-state index contributed by atoms with van der Waals surface area (Å²) < 4.78 is 30.1. The lowest BCUT2D eigenvalue weighted by Gasteiger charge is -2.30. The summed E-state index contributed by atoms with van der Waals surface area (Å²) in [7, 11) is -4.32. The van der Waals surface area contributed by atoms with Gasteiger partial charge in [-0.2, -0.15) is 8.42 Å². The van der Waals surface area contributed by atoms with Crippen molar-refractivity contribution in [3.63, 3.8) is 0 Å². The molecule has 0 radical (unpaired) electrons. The fourth-order valence-corrected chi connectivity index (χ4v) is 7.60. The van der Waals surface area contributed by atoms with Crippen molar-refractivity contribution < 1.29 is 13.3 Å². The van der Waals surface area contributed by atoms with E-state index >= 15 is 0 Å². The molecule has 0 aliphatic carbocycles. The molecule has 0 bridgehead atoms. The third-order valence-electron chi connectivity index (χ3n) is 8.45. The minimum Gasteiger partial charge on any atom is -0.383 e. The van der Waals surface area contributed by atoms with Gasteiger partial charge in [-0.15, -0.1) is 16.2 Å². The summed E-state index contributed by atoms with van der Waals surface area (Å²) in [4.78, 5) is 14.3. The van der Waals surface area contributed by atoms with Crippen LogP contribution in [0.15, 0.2) is 147 Å². The maximum Gasteiger partial charge on any atom is 0.293 e. The lowest BCUT2D eigenvalue weighted by molar-refractivity contribution is -0.384. The number of hydrogen-bond acceptors (Lipinski definition) is 7. The van der Waals surface area contributed by atoms with Crippen LogP contribution in [0.3, 0.4) is 0 Å². The van der Waals surface area contributed by atoms with Gasteiger partial charge in [0.15, 0.2) is 0 Å². The van der Waals surface area contributed by atoms with Crippen molar-refractivity contribution in [1.29, 1.82) is 0 Å². The molecule has 9 nitrogen and oxygen atoms in total. The minimum atomic E-state index is -4.32. The summed E-state index contributed by atoms with van der Waals surface area (Å²) in [5.41, 5.74) is 12.5. The Hall–Kier alpha value is -5.39. The zero-order valence-corrected chi connectivity index (χ0v) is 28.9. The Morgan fingerprint density at radius 3 is 2.24 bits per heavy atom. The maximum absolute atomic E-state index is 13.2. The van der Waals surface area contributed by atoms with Crippen molar-refractivity contribution >= 4 is 50.8 Å². The number of nitrogens with one attached hydrogen (secondary N) is 1. The Bertz CT molecular complexity index is 2110. The van der Waals surface area contributed by atoms with Gasteiger partial charge in [-0.1, -0.05) is 84.4 Å². The van der Waals surface area contributed by atoms with Crippen molar-refractivity contribution in [3.8, 4) is 11.1 Å². The second-order valence-corrected chi connectivity index (χ2v) is 14.5. The highest BCUT2D eigenvalue weighted by Gasteiger charge is 2.22. The molecule has 1 fully saturated rings. The highest BCUT2D eigenvalue weighted by Crippen LogP contribution is 2.31. The van der Waals surface area contributed by atoms with Crippen molar-refractivity contribution in [2.24, 2.45) is 10.1 Å². The molecule has 50 heavy (non-hydrogen) atoms. The molecule has 11 heteroatoms. The van der Waals surface area contributed by atoms with Gasteiger partial charge < -0.3 is 16.0 Å². The number of nitro groups is 1. The summed E-state index contributed by atoms with van der Waals surface area (Å²) in [6.45, 7) is 2.16. The molecule has 0 amide bonds. The highest BCUT2D eigenvalue weighted by molar-refractivity contribution is 7.99. The van der Waals surface area contributed by atoms with Crippen LogP contribution in [-0.4, -0.2) is 44.6 Å². The molecule has 1 saturated heterocycles. The van der Waals surface area contributed by atoms with Gasteiger partial charge in [-0.25, -0.2) is 0 Å². The fourth-order valence-electron chi connectivity index (χ4n) is 5.84. The third kappa shape index (κ3) is 8.60. The summed E-state index contributed by atoms with van der Waals surface area (Å²) in [6.07, 6.45) is 4.17. The molecule has 5 aromatic rings. The molecule has 0 unspecified atom stereocenters. The van der Waals surface area contributed by atoms with Crippen LogP contribution in [0.4, 0.5) is 17.1 Å². The number of nitro benzene ring substituents is 1. The number of piperidine rings is 1. The number of amidine groups is 1. The summed E-state index contributed by atoms with van der Waals surface area (Å²) >= 11 is 1.61. The Labute approximate surface area is 296 Å². The van der Waals surface area contributed by atoms with Crippen LogP contribution in [0.1, 0.15) is 24.0 Å². The number of anilines is 2. The number of benzene rings is 5. The summed E-state index contributed by atoms with van der Waals surface area (Å²) in [6, 6.07) is 39.7. The predicted molar refractivity (Wildman–Crippen MR) is 204 cm³/mol. The summed E-state index contributed by atoms with van der Waals surface area (Å²) in [5, 5.41) is 14.9. The Morgan fingerprint density at radius 2 is 1.54 bits per heavy atom. The van der Waals surface area contributed by atoms with E-state index in [1.165, 1.54) is 34.4 Å². The highest BCUT2D eigenvalue weighted by atomic mass is 32.2. The lowest BCUT2D eigenvalue weighted by Crippen LogP contribution is -2.30. The molecule has 0 saturated carbocycles. The largest absolute Gasteiger partial charge is 0.383 e. The van der Waals surface area contributed by atoms with Gasteiger partial charge in [0, 0.05) is 47.6 Å². The smallest absolute Gasteiger partial charge is 0.293 e. The molecule has 0 spiro atoms. The second-order valence-electron chi connectivity index (χ2n) is 11.8. The average Bonchev–Trinajstić information content (AvgIpc) is 3.14. The maximum atomic E-state index is 13.2. The molecule has 6 rings (SSSR count). The Morgan fingerprint density at radius 1 is 0.880 bits per heavy atom. The molecule has 3 N–H and O–H groups in total. The van der Waals surface area contributed by atoms with E-state index in [2.05, 4.69) is 69.2 Å². The molecule has 0 atom stereocenters.